The topological polar surface area (TPSA) is 78.8 Å². The van der Waals surface area contributed by atoms with Crippen molar-refractivity contribution in [3.8, 4) is 0 Å². The van der Waals surface area contributed by atoms with Gasteiger partial charge in [-0.1, -0.05) is 12.5 Å². The number of sulfonamides is 1. The van der Waals surface area contributed by atoms with Crippen molar-refractivity contribution in [1.29, 1.82) is 0 Å². The van der Waals surface area contributed by atoms with Crippen LogP contribution in [0.1, 0.15) is 44.9 Å². The van der Waals surface area contributed by atoms with Crippen molar-refractivity contribution in [3.05, 3.63) is 17.5 Å². The number of carbonyl (C=O) groups is 1. The summed E-state index contributed by atoms with van der Waals surface area (Å²) in [4.78, 5) is 12.2. The minimum absolute atomic E-state index is 0.0822. The molecule has 1 aliphatic heterocycles. The van der Waals surface area contributed by atoms with Crippen molar-refractivity contribution in [2.45, 2.75) is 49.2 Å². The van der Waals surface area contributed by atoms with Crippen molar-refractivity contribution in [2.24, 2.45) is 11.0 Å². The van der Waals surface area contributed by atoms with Gasteiger partial charge < -0.3 is 0 Å². The highest BCUT2D eigenvalue weighted by atomic mass is 32.2. The molecule has 2 fully saturated rings. The Hall–Kier alpha value is -1.25. The molecule has 1 aromatic heterocycles. The molecular formula is C16H23N3O3S2. The summed E-state index contributed by atoms with van der Waals surface area (Å²) in [6, 6.07) is 3.36. The van der Waals surface area contributed by atoms with E-state index in [4.69, 9.17) is 0 Å². The summed E-state index contributed by atoms with van der Waals surface area (Å²) < 4.78 is 26.8. The Morgan fingerprint density at radius 3 is 2.54 bits per heavy atom. The van der Waals surface area contributed by atoms with E-state index in [1.165, 1.54) is 22.1 Å². The second-order valence-corrected chi connectivity index (χ2v) is 9.44. The van der Waals surface area contributed by atoms with Crippen molar-refractivity contribution in [1.82, 2.24) is 9.73 Å². The highest BCUT2D eigenvalue weighted by molar-refractivity contribution is 7.91. The van der Waals surface area contributed by atoms with Gasteiger partial charge in [-0.25, -0.2) is 13.8 Å². The lowest BCUT2D eigenvalue weighted by molar-refractivity contribution is -0.126. The van der Waals surface area contributed by atoms with Gasteiger partial charge in [-0.3, -0.25) is 4.79 Å². The van der Waals surface area contributed by atoms with E-state index in [0.29, 0.717) is 30.1 Å². The summed E-state index contributed by atoms with van der Waals surface area (Å²) in [6.45, 7) is 0.768. The highest BCUT2D eigenvalue weighted by Crippen LogP contribution is 2.26. The summed E-state index contributed by atoms with van der Waals surface area (Å²) >= 11 is 1.23. The number of hydrogen-bond acceptors (Lipinski definition) is 5. The molecule has 0 atom stereocenters. The zero-order valence-electron chi connectivity index (χ0n) is 13.6. The molecular weight excluding hydrogens is 346 g/mol. The zero-order valence-corrected chi connectivity index (χ0v) is 15.2. The van der Waals surface area contributed by atoms with E-state index in [0.717, 1.165) is 31.4 Å². The van der Waals surface area contributed by atoms with Gasteiger partial charge in [-0.15, -0.1) is 11.3 Å². The molecule has 3 rings (SSSR count). The van der Waals surface area contributed by atoms with Crippen LogP contribution >= 0.6 is 11.3 Å². The molecule has 132 valence electrons. The molecule has 1 saturated carbocycles. The fourth-order valence-electron chi connectivity index (χ4n) is 3.19. The van der Waals surface area contributed by atoms with E-state index in [2.05, 4.69) is 10.5 Å². The van der Waals surface area contributed by atoms with E-state index < -0.39 is 10.0 Å². The van der Waals surface area contributed by atoms with Crippen LogP contribution in [0.25, 0.3) is 0 Å². The fourth-order valence-corrected chi connectivity index (χ4v) is 5.81. The van der Waals surface area contributed by atoms with Crippen molar-refractivity contribution >= 4 is 33.0 Å². The van der Waals surface area contributed by atoms with Crippen LogP contribution in [0.2, 0.25) is 0 Å². The lowest BCUT2D eigenvalue weighted by atomic mass is 9.97. The van der Waals surface area contributed by atoms with Crippen LogP contribution in [0.5, 0.6) is 0 Å². The SMILES string of the molecule is O=C(NN=C1CCCCC1)C1CCN(S(=O)(=O)c2cccs2)CC1. The molecule has 1 aliphatic carbocycles. The Morgan fingerprint density at radius 1 is 1.21 bits per heavy atom. The summed E-state index contributed by atoms with van der Waals surface area (Å²) in [6.07, 6.45) is 6.56. The molecule has 0 bridgehead atoms. The van der Waals surface area contributed by atoms with Crippen molar-refractivity contribution < 1.29 is 13.2 Å². The van der Waals surface area contributed by atoms with Gasteiger partial charge >= 0.3 is 0 Å². The van der Waals surface area contributed by atoms with Gasteiger partial charge in [0, 0.05) is 24.7 Å². The maximum absolute atomic E-state index is 12.5. The van der Waals surface area contributed by atoms with Crippen LogP contribution in [0.3, 0.4) is 0 Å². The first-order valence-electron chi connectivity index (χ1n) is 8.46. The third-order valence-electron chi connectivity index (χ3n) is 4.67. The molecule has 1 N–H and O–H groups in total. The molecule has 1 amide bonds. The van der Waals surface area contributed by atoms with Gasteiger partial charge in [0.2, 0.25) is 5.91 Å². The molecule has 24 heavy (non-hydrogen) atoms. The minimum atomic E-state index is -3.40. The van der Waals surface area contributed by atoms with Gasteiger partial charge in [0.05, 0.1) is 0 Å². The summed E-state index contributed by atoms with van der Waals surface area (Å²) in [5.41, 5.74) is 3.76. The Labute approximate surface area is 147 Å². The Kier molecular flexibility index (Phi) is 5.68. The third kappa shape index (κ3) is 4.04. The van der Waals surface area contributed by atoms with Crippen molar-refractivity contribution in [2.75, 3.05) is 13.1 Å². The van der Waals surface area contributed by atoms with Crippen molar-refractivity contribution in [3.63, 3.8) is 0 Å². The third-order valence-corrected chi connectivity index (χ3v) is 7.94. The number of rotatable bonds is 4. The van der Waals surface area contributed by atoms with E-state index in [9.17, 15) is 13.2 Å². The number of piperidine rings is 1. The number of nitrogens with zero attached hydrogens (tertiary/aromatic N) is 2. The van der Waals surface area contributed by atoms with E-state index in [-0.39, 0.29) is 11.8 Å². The zero-order chi connectivity index (χ0) is 17.0. The summed E-state index contributed by atoms with van der Waals surface area (Å²) in [5.74, 6) is -0.242. The first-order chi connectivity index (χ1) is 11.6. The summed E-state index contributed by atoms with van der Waals surface area (Å²) in [7, 11) is -3.40. The predicted octanol–water partition coefficient (Wildman–Crippen LogP) is 2.59. The number of hydrogen-bond donors (Lipinski definition) is 1. The quantitative estimate of drug-likeness (QED) is 0.829. The van der Waals surface area contributed by atoms with Crippen LogP contribution in [0.4, 0.5) is 0 Å². The lowest BCUT2D eigenvalue weighted by Crippen LogP contribution is -2.42. The lowest BCUT2D eigenvalue weighted by Gasteiger charge is -2.29. The van der Waals surface area contributed by atoms with E-state index in [1.54, 1.807) is 17.5 Å². The molecule has 0 spiro atoms. The number of amides is 1. The standard InChI is InChI=1S/C16H23N3O3S2/c20-16(18-17-14-5-2-1-3-6-14)13-8-10-19(11-9-13)24(21,22)15-7-4-12-23-15/h4,7,12-13H,1-3,5-6,8-11H2,(H,18,20). The van der Waals surface area contributed by atoms with Crippen LogP contribution < -0.4 is 5.43 Å². The first kappa shape index (κ1) is 17.6. The Bertz CT molecular complexity index is 682. The molecule has 0 radical (unpaired) electrons. The van der Waals surface area contributed by atoms with Crippen LogP contribution in [0, 0.1) is 5.92 Å². The number of carbonyl (C=O) groups excluding carboxylic acids is 1. The maximum atomic E-state index is 12.5. The first-order valence-corrected chi connectivity index (χ1v) is 10.8. The number of nitrogens with one attached hydrogen (secondary N) is 1. The van der Waals surface area contributed by atoms with Gasteiger partial charge in [-0.05, 0) is 50.0 Å². The predicted molar refractivity (Wildman–Crippen MR) is 94.5 cm³/mol. The Balaban J connectivity index is 1.52. The van der Waals surface area contributed by atoms with Gasteiger partial charge in [0.25, 0.3) is 10.0 Å². The fraction of sp³-hybridized carbons (Fsp3) is 0.625. The molecule has 2 heterocycles. The van der Waals surface area contributed by atoms with Crippen LogP contribution in [-0.4, -0.2) is 37.4 Å². The van der Waals surface area contributed by atoms with Gasteiger partial charge in [0.1, 0.15) is 4.21 Å². The Morgan fingerprint density at radius 2 is 1.92 bits per heavy atom. The second-order valence-electron chi connectivity index (χ2n) is 6.33. The van der Waals surface area contributed by atoms with E-state index in [1.807, 2.05) is 0 Å². The monoisotopic (exact) mass is 369 g/mol. The smallest absolute Gasteiger partial charge is 0.252 e. The largest absolute Gasteiger partial charge is 0.273 e. The normalized spacial score (nSPS) is 20.8. The van der Waals surface area contributed by atoms with E-state index >= 15 is 0 Å². The molecule has 1 aromatic rings. The van der Waals surface area contributed by atoms with Crippen LogP contribution in [-0.2, 0) is 14.8 Å². The molecule has 0 aromatic carbocycles. The van der Waals surface area contributed by atoms with Gasteiger partial charge in [-0.2, -0.15) is 9.41 Å². The number of thiophene rings is 1. The highest BCUT2D eigenvalue weighted by Gasteiger charge is 2.32. The minimum Gasteiger partial charge on any atom is -0.273 e. The molecule has 6 nitrogen and oxygen atoms in total. The number of hydrazone groups is 1. The summed E-state index contributed by atoms with van der Waals surface area (Å²) in [5, 5.41) is 6.02. The molecule has 1 saturated heterocycles. The van der Waals surface area contributed by atoms with Gasteiger partial charge in [0.15, 0.2) is 0 Å². The molecule has 2 aliphatic rings. The maximum Gasteiger partial charge on any atom is 0.252 e. The molecule has 0 unspecified atom stereocenters. The average Bonchev–Trinajstić information content (AvgIpc) is 3.16. The molecule has 8 heteroatoms. The average molecular weight is 370 g/mol. The second kappa shape index (κ2) is 7.76. The van der Waals surface area contributed by atoms with Crippen LogP contribution in [0.15, 0.2) is 26.8 Å².